The lowest BCUT2D eigenvalue weighted by molar-refractivity contribution is -0.132. The summed E-state index contributed by atoms with van der Waals surface area (Å²) >= 11 is 0. The van der Waals surface area contributed by atoms with Crippen LogP contribution in [0.4, 0.5) is 0 Å². The maximum atomic E-state index is 10.5. The predicted octanol–water partition coefficient (Wildman–Crippen LogP) is 0.190. The van der Waals surface area contributed by atoms with Gasteiger partial charge in [0.1, 0.15) is 0 Å². The average molecular weight is 144 g/mol. The van der Waals surface area contributed by atoms with Crippen molar-refractivity contribution in [1.29, 1.82) is 0 Å². The SMILES string of the molecule is CO/C(=C\C(=O)O)C(C)=O. The van der Waals surface area contributed by atoms with Gasteiger partial charge in [-0.05, 0) is 0 Å². The number of rotatable bonds is 3. The van der Waals surface area contributed by atoms with Crippen LogP contribution in [0.5, 0.6) is 0 Å². The van der Waals surface area contributed by atoms with E-state index in [1.54, 1.807) is 0 Å². The van der Waals surface area contributed by atoms with Gasteiger partial charge in [0, 0.05) is 6.92 Å². The second-order valence-electron chi connectivity index (χ2n) is 1.61. The zero-order valence-corrected chi connectivity index (χ0v) is 5.75. The molecule has 10 heavy (non-hydrogen) atoms. The lowest BCUT2D eigenvalue weighted by atomic mass is 10.3. The molecule has 0 bridgehead atoms. The number of Topliss-reactive ketones (excluding diaryl/α,β-unsaturated/α-hetero) is 1. The van der Waals surface area contributed by atoms with Crippen LogP contribution in [0, 0.1) is 0 Å². The molecule has 0 aliphatic rings. The minimum atomic E-state index is -1.19. The first-order valence-electron chi connectivity index (χ1n) is 2.57. The largest absolute Gasteiger partial charge is 0.493 e. The third-order valence-corrected chi connectivity index (χ3v) is 0.821. The molecular formula is C6H8O4. The van der Waals surface area contributed by atoms with Gasteiger partial charge in [-0.25, -0.2) is 4.79 Å². The zero-order valence-electron chi connectivity index (χ0n) is 5.75. The molecule has 0 saturated carbocycles. The quantitative estimate of drug-likeness (QED) is 0.453. The number of carbonyl (C=O) groups is 2. The second-order valence-corrected chi connectivity index (χ2v) is 1.61. The van der Waals surface area contributed by atoms with Crippen LogP contribution in [0.15, 0.2) is 11.8 Å². The molecule has 0 aliphatic carbocycles. The van der Waals surface area contributed by atoms with Crippen LogP contribution in [0.2, 0.25) is 0 Å². The Balaban J connectivity index is 4.34. The highest BCUT2D eigenvalue weighted by atomic mass is 16.5. The Labute approximate surface area is 58.1 Å². The molecule has 4 heteroatoms. The van der Waals surface area contributed by atoms with Gasteiger partial charge in [0.2, 0.25) is 0 Å². The van der Waals surface area contributed by atoms with Crippen LogP contribution in [-0.4, -0.2) is 24.0 Å². The van der Waals surface area contributed by atoms with Gasteiger partial charge < -0.3 is 9.84 Å². The molecule has 0 amide bonds. The highest BCUT2D eigenvalue weighted by molar-refractivity contribution is 5.97. The predicted molar refractivity (Wildman–Crippen MR) is 33.4 cm³/mol. The molecule has 0 spiro atoms. The molecule has 0 aliphatic heterocycles. The summed E-state index contributed by atoms with van der Waals surface area (Å²) in [5.41, 5.74) is 0. The summed E-state index contributed by atoms with van der Waals surface area (Å²) in [6, 6.07) is 0. The normalized spacial score (nSPS) is 10.8. The minimum absolute atomic E-state index is 0.146. The number of carbonyl (C=O) groups excluding carboxylic acids is 1. The smallest absolute Gasteiger partial charge is 0.332 e. The summed E-state index contributed by atoms with van der Waals surface area (Å²) in [4.78, 5) is 20.4. The van der Waals surface area contributed by atoms with E-state index in [1.165, 1.54) is 14.0 Å². The first-order chi connectivity index (χ1) is 4.57. The molecule has 1 N–H and O–H groups in total. The average Bonchev–Trinajstić information content (AvgIpc) is 1.81. The first kappa shape index (κ1) is 8.68. The third-order valence-electron chi connectivity index (χ3n) is 0.821. The van der Waals surface area contributed by atoms with Crippen molar-refractivity contribution in [1.82, 2.24) is 0 Å². The van der Waals surface area contributed by atoms with E-state index in [2.05, 4.69) is 4.74 Å². The standard InChI is InChI=1S/C6H8O4/c1-4(7)5(10-2)3-6(8)9/h3H,1-2H3,(H,8,9)/b5-3-. The maximum Gasteiger partial charge on any atom is 0.332 e. The van der Waals surface area contributed by atoms with Crippen molar-refractivity contribution >= 4 is 11.8 Å². The molecular weight excluding hydrogens is 136 g/mol. The summed E-state index contributed by atoms with van der Waals surface area (Å²) in [6.45, 7) is 1.23. The number of ketones is 1. The van der Waals surface area contributed by atoms with Crippen molar-refractivity contribution in [3.05, 3.63) is 11.8 Å². The highest BCUT2D eigenvalue weighted by Crippen LogP contribution is 1.95. The number of hydrogen-bond acceptors (Lipinski definition) is 3. The summed E-state index contributed by atoms with van der Waals surface area (Å²) in [5, 5.41) is 8.16. The molecule has 56 valence electrons. The number of ether oxygens (including phenoxy) is 1. The van der Waals surface area contributed by atoms with Crippen molar-refractivity contribution in [2.24, 2.45) is 0 Å². The van der Waals surface area contributed by atoms with E-state index in [1.807, 2.05) is 0 Å². The fraction of sp³-hybridized carbons (Fsp3) is 0.333. The van der Waals surface area contributed by atoms with Crippen molar-refractivity contribution in [3.63, 3.8) is 0 Å². The summed E-state index contributed by atoms with van der Waals surface area (Å²) < 4.78 is 4.45. The molecule has 0 unspecified atom stereocenters. The number of methoxy groups -OCH3 is 1. The van der Waals surface area contributed by atoms with E-state index in [9.17, 15) is 9.59 Å². The molecule has 4 nitrogen and oxygen atoms in total. The van der Waals surface area contributed by atoms with Crippen LogP contribution in [0.1, 0.15) is 6.92 Å². The Morgan fingerprint density at radius 3 is 2.10 bits per heavy atom. The van der Waals surface area contributed by atoms with Gasteiger partial charge in [-0.2, -0.15) is 0 Å². The van der Waals surface area contributed by atoms with Gasteiger partial charge in [0.05, 0.1) is 13.2 Å². The third kappa shape index (κ3) is 2.86. The van der Waals surface area contributed by atoms with Gasteiger partial charge in [-0.1, -0.05) is 0 Å². The Kier molecular flexibility index (Phi) is 3.17. The molecule has 0 atom stereocenters. The van der Waals surface area contributed by atoms with Crippen molar-refractivity contribution in [3.8, 4) is 0 Å². The zero-order chi connectivity index (χ0) is 8.15. The molecule has 0 fully saturated rings. The summed E-state index contributed by atoms with van der Waals surface area (Å²) in [6.07, 6.45) is 0.725. The topological polar surface area (TPSA) is 63.6 Å². The van der Waals surface area contributed by atoms with Gasteiger partial charge in [-0.3, -0.25) is 4.79 Å². The first-order valence-corrected chi connectivity index (χ1v) is 2.57. The van der Waals surface area contributed by atoms with Gasteiger partial charge in [0.25, 0.3) is 0 Å². The second kappa shape index (κ2) is 3.66. The minimum Gasteiger partial charge on any atom is -0.493 e. The van der Waals surface area contributed by atoms with Gasteiger partial charge in [-0.15, -0.1) is 0 Å². The van der Waals surface area contributed by atoms with Crippen LogP contribution in [-0.2, 0) is 14.3 Å². The Bertz CT molecular complexity index is 180. The molecule has 0 heterocycles. The van der Waals surface area contributed by atoms with E-state index in [4.69, 9.17) is 5.11 Å². The van der Waals surface area contributed by atoms with Crippen molar-refractivity contribution in [2.45, 2.75) is 6.92 Å². The molecule has 0 saturated heterocycles. The number of carboxylic acid groups (broad SMARTS) is 1. The number of aliphatic carboxylic acids is 1. The highest BCUT2D eigenvalue weighted by Gasteiger charge is 2.04. The maximum absolute atomic E-state index is 10.5. The molecule has 0 radical (unpaired) electrons. The summed E-state index contributed by atoms with van der Waals surface area (Å²) in [5.74, 6) is -1.73. The van der Waals surface area contributed by atoms with Crippen LogP contribution < -0.4 is 0 Å². The molecule has 0 aromatic rings. The molecule has 0 aromatic carbocycles. The van der Waals surface area contributed by atoms with E-state index < -0.39 is 11.8 Å². The molecule has 0 aromatic heterocycles. The Morgan fingerprint density at radius 1 is 1.50 bits per heavy atom. The van der Waals surface area contributed by atoms with Crippen LogP contribution in [0.25, 0.3) is 0 Å². The lowest BCUT2D eigenvalue weighted by Gasteiger charge is -1.97. The number of carboxylic acids is 1. The Hall–Kier alpha value is -1.32. The van der Waals surface area contributed by atoms with E-state index >= 15 is 0 Å². The monoisotopic (exact) mass is 144 g/mol. The van der Waals surface area contributed by atoms with Gasteiger partial charge in [0.15, 0.2) is 11.5 Å². The number of allylic oxidation sites excluding steroid dienone is 1. The van der Waals surface area contributed by atoms with Gasteiger partial charge >= 0.3 is 5.97 Å². The Morgan fingerprint density at radius 2 is 2.00 bits per heavy atom. The van der Waals surface area contributed by atoms with Crippen molar-refractivity contribution < 1.29 is 19.4 Å². The van der Waals surface area contributed by atoms with E-state index in [0.717, 1.165) is 6.08 Å². The lowest BCUT2D eigenvalue weighted by Crippen LogP contribution is -2.02. The van der Waals surface area contributed by atoms with E-state index in [-0.39, 0.29) is 5.76 Å². The van der Waals surface area contributed by atoms with Crippen LogP contribution >= 0.6 is 0 Å². The van der Waals surface area contributed by atoms with Crippen molar-refractivity contribution in [2.75, 3.05) is 7.11 Å². The number of hydrogen-bond donors (Lipinski definition) is 1. The fourth-order valence-electron chi connectivity index (χ4n) is 0.416. The van der Waals surface area contributed by atoms with Crippen LogP contribution in [0.3, 0.4) is 0 Å². The van der Waals surface area contributed by atoms with E-state index in [0.29, 0.717) is 0 Å². The fourth-order valence-corrected chi connectivity index (χ4v) is 0.416. The molecule has 0 rings (SSSR count). The summed E-state index contributed by atoms with van der Waals surface area (Å²) in [7, 11) is 1.25.